The zero-order valence-corrected chi connectivity index (χ0v) is 16.3. The average Bonchev–Trinajstić information content (AvgIpc) is 2.64. The van der Waals surface area contributed by atoms with Crippen molar-refractivity contribution in [2.24, 2.45) is 0 Å². The van der Waals surface area contributed by atoms with E-state index in [2.05, 4.69) is 0 Å². The molecule has 1 atom stereocenters. The van der Waals surface area contributed by atoms with E-state index in [4.69, 9.17) is 11.6 Å². The van der Waals surface area contributed by atoms with Gasteiger partial charge in [-0.15, -0.1) is 0 Å². The molecule has 3 nitrogen and oxygen atoms in total. The molecule has 0 radical (unpaired) electrons. The van der Waals surface area contributed by atoms with Crippen LogP contribution in [0.1, 0.15) is 48.3 Å². The topological polar surface area (TPSA) is 37.4 Å². The number of carbonyl (C=O) groups is 2. The second-order valence-corrected chi connectivity index (χ2v) is 7.87. The zero-order valence-electron chi connectivity index (χ0n) is 15.6. The number of Topliss-reactive ketones (excluding diaryl/α,β-unsaturated/α-hetero) is 1. The summed E-state index contributed by atoms with van der Waals surface area (Å²) in [6.07, 6.45) is 2.37. The SMILES string of the molecule is Cc1ccc(C2CC(=O)N(c3ccc(C)c(Cl)c3)C3=C2C(=O)CCC3)cc1. The number of aryl methyl sites for hydroxylation is 2. The van der Waals surface area contributed by atoms with E-state index in [-0.39, 0.29) is 17.6 Å². The second kappa shape index (κ2) is 6.97. The second-order valence-electron chi connectivity index (χ2n) is 7.47. The third-order valence-corrected chi connectivity index (χ3v) is 5.98. The molecule has 4 heteroatoms. The van der Waals surface area contributed by atoms with Crippen molar-refractivity contribution in [1.29, 1.82) is 0 Å². The van der Waals surface area contributed by atoms with Crippen molar-refractivity contribution in [2.45, 2.75) is 45.4 Å². The summed E-state index contributed by atoms with van der Waals surface area (Å²) in [5, 5.41) is 0.630. The van der Waals surface area contributed by atoms with Crippen LogP contribution in [0.25, 0.3) is 0 Å². The van der Waals surface area contributed by atoms with Crippen LogP contribution in [0, 0.1) is 13.8 Å². The van der Waals surface area contributed by atoms with Crippen molar-refractivity contribution in [3.63, 3.8) is 0 Å². The molecule has 1 aliphatic carbocycles. The number of halogens is 1. The van der Waals surface area contributed by atoms with E-state index in [1.807, 2.05) is 56.3 Å². The molecule has 0 aromatic heterocycles. The highest BCUT2D eigenvalue weighted by atomic mass is 35.5. The van der Waals surface area contributed by atoms with Crippen molar-refractivity contribution in [2.75, 3.05) is 4.90 Å². The molecule has 0 saturated carbocycles. The Labute approximate surface area is 164 Å². The number of carbonyl (C=O) groups excluding carboxylic acids is 2. The minimum Gasteiger partial charge on any atom is -0.294 e. The van der Waals surface area contributed by atoms with Gasteiger partial charge in [-0.05, 0) is 49.9 Å². The Bertz CT molecular complexity index is 959. The summed E-state index contributed by atoms with van der Waals surface area (Å²) in [4.78, 5) is 27.7. The molecule has 4 rings (SSSR count). The van der Waals surface area contributed by atoms with E-state index in [9.17, 15) is 9.59 Å². The summed E-state index contributed by atoms with van der Waals surface area (Å²) in [6, 6.07) is 13.8. The Balaban J connectivity index is 1.85. The molecule has 0 N–H and O–H groups in total. The van der Waals surface area contributed by atoms with Crippen molar-refractivity contribution in [1.82, 2.24) is 0 Å². The summed E-state index contributed by atoms with van der Waals surface area (Å²) in [5.41, 5.74) is 5.59. The van der Waals surface area contributed by atoms with E-state index in [0.717, 1.165) is 40.9 Å². The fourth-order valence-electron chi connectivity index (χ4n) is 4.10. The van der Waals surface area contributed by atoms with Crippen LogP contribution >= 0.6 is 11.6 Å². The van der Waals surface area contributed by atoms with Crippen LogP contribution < -0.4 is 4.90 Å². The molecule has 2 aromatic rings. The number of benzene rings is 2. The first-order chi connectivity index (χ1) is 13.0. The molecule has 2 aliphatic rings. The van der Waals surface area contributed by atoms with Gasteiger partial charge in [0.25, 0.3) is 0 Å². The first-order valence-electron chi connectivity index (χ1n) is 9.37. The van der Waals surface area contributed by atoms with Gasteiger partial charge in [0.1, 0.15) is 0 Å². The minimum absolute atomic E-state index is 0.0222. The van der Waals surface area contributed by atoms with Crippen LogP contribution in [0.5, 0.6) is 0 Å². The quantitative estimate of drug-likeness (QED) is 0.692. The summed E-state index contributed by atoms with van der Waals surface area (Å²) in [6.45, 7) is 3.97. The largest absolute Gasteiger partial charge is 0.294 e. The van der Waals surface area contributed by atoms with Gasteiger partial charge in [-0.2, -0.15) is 0 Å². The lowest BCUT2D eigenvalue weighted by Gasteiger charge is -2.38. The van der Waals surface area contributed by atoms with Crippen molar-refractivity contribution < 1.29 is 9.59 Å². The van der Waals surface area contributed by atoms with Crippen LogP contribution in [0.4, 0.5) is 5.69 Å². The molecule has 1 aliphatic heterocycles. The van der Waals surface area contributed by atoms with Gasteiger partial charge in [0.2, 0.25) is 5.91 Å². The summed E-state index contributed by atoms with van der Waals surface area (Å²) in [5.74, 6) is 0.0320. The maximum atomic E-state index is 13.1. The van der Waals surface area contributed by atoms with Gasteiger partial charge in [0, 0.05) is 35.1 Å². The monoisotopic (exact) mass is 379 g/mol. The molecule has 27 heavy (non-hydrogen) atoms. The maximum Gasteiger partial charge on any atom is 0.232 e. The average molecular weight is 380 g/mol. The highest BCUT2D eigenvalue weighted by molar-refractivity contribution is 6.31. The van der Waals surface area contributed by atoms with E-state index in [1.165, 1.54) is 5.56 Å². The number of amides is 1. The Morgan fingerprint density at radius 2 is 1.74 bits per heavy atom. The number of rotatable bonds is 2. The Kier molecular flexibility index (Phi) is 4.65. The Morgan fingerprint density at radius 3 is 2.44 bits per heavy atom. The molecule has 0 saturated heterocycles. The normalized spacial score (nSPS) is 20.1. The van der Waals surface area contributed by atoms with E-state index in [0.29, 0.717) is 17.9 Å². The highest BCUT2D eigenvalue weighted by Crippen LogP contribution is 2.43. The molecule has 0 spiro atoms. The van der Waals surface area contributed by atoms with Crippen molar-refractivity contribution in [3.05, 3.63) is 75.4 Å². The zero-order chi connectivity index (χ0) is 19.1. The molecule has 1 amide bonds. The first kappa shape index (κ1) is 18.0. The first-order valence-corrected chi connectivity index (χ1v) is 9.75. The number of anilines is 1. The summed E-state index contributed by atoms with van der Waals surface area (Å²) >= 11 is 6.30. The smallest absolute Gasteiger partial charge is 0.232 e. The van der Waals surface area contributed by atoms with Gasteiger partial charge in [-0.1, -0.05) is 47.5 Å². The van der Waals surface area contributed by atoms with E-state index < -0.39 is 0 Å². The molecule has 1 heterocycles. The van der Waals surface area contributed by atoms with E-state index >= 15 is 0 Å². The van der Waals surface area contributed by atoms with Crippen LogP contribution in [0.3, 0.4) is 0 Å². The summed E-state index contributed by atoms with van der Waals surface area (Å²) < 4.78 is 0. The van der Waals surface area contributed by atoms with Gasteiger partial charge < -0.3 is 0 Å². The van der Waals surface area contributed by atoms with Crippen LogP contribution in [0.15, 0.2) is 53.7 Å². The molecular weight excluding hydrogens is 358 g/mol. The number of hydrogen-bond donors (Lipinski definition) is 0. The van der Waals surface area contributed by atoms with Crippen LogP contribution in [-0.4, -0.2) is 11.7 Å². The van der Waals surface area contributed by atoms with Gasteiger partial charge in [0.15, 0.2) is 5.78 Å². The Morgan fingerprint density at radius 1 is 1.00 bits per heavy atom. The minimum atomic E-state index is -0.155. The highest BCUT2D eigenvalue weighted by Gasteiger charge is 2.39. The van der Waals surface area contributed by atoms with Crippen molar-refractivity contribution >= 4 is 29.0 Å². The molecule has 2 aromatic carbocycles. The number of nitrogens with zero attached hydrogens (tertiary/aromatic N) is 1. The van der Waals surface area contributed by atoms with Gasteiger partial charge in [0.05, 0.1) is 5.69 Å². The molecule has 1 unspecified atom stereocenters. The molecule has 0 fully saturated rings. The van der Waals surface area contributed by atoms with Crippen LogP contribution in [-0.2, 0) is 9.59 Å². The third-order valence-electron chi connectivity index (χ3n) is 5.57. The molecule has 138 valence electrons. The van der Waals surface area contributed by atoms with Crippen LogP contribution in [0.2, 0.25) is 5.02 Å². The van der Waals surface area contributed by atoms with Gasteiger partial charge in [-0.25, -0.2) is 0 Å². The lowest BCUT2D eigenvalue weighted by Crippen LogP contribution is -2.40. The third kappa shape index (κ3) is 3.21. The fraction of sp³-hybridized carbons (Fsp3) is 0.304. The maximum absolute atomic E-state index is 13.1. The predicted octanol–water partition coefficient (Wildman–Crippen LogP) is 5.48. The van der Waals surface area contributed by atoms with Gasteiger partial charge >= 0.3 is 0 Å². The molecular formula is C23H22ClNO2. The predicted molar refractivity (Wildman–Crippen MR) is 108 cm³/mol. The van der Waals surface area contributed by atoms with Crippen molar-refractivity contribution in [3.8, 4) is 0 Å². The van der Waals surface area contributed by atoms with E-state index in [1.54, 1.807) is 4.90 Å². The number of allylic oxidation sites excluding steroid dienone is 2. The standard InChI is InChI=1S/C23H22ClNO2/c1-14-6-9-16(10-7-14)18-13-22(27)25(17-11-8-15(2)19(24)12-17)20-4-3-5-21(26)23(18)20/h6-12,18H,3-5,13H2,1-2H3. The molecule has 0 bridgehead atoms. The number of hydrogen-bond acceptors (Lipinski definition) is 2. The fourth-order valence-corrected chi connectivity index (χ4v) is 4.27. The summed E-state index contributed by atoms with van der Waals surface area (Å²) in [7, 11) is 0. The lowest BCUT2D eigenvalue weighted by molar-refractivity contribution is -0.119. The Hall–Kier alpha value is -2.39. The lowest BCUT2D eigenvalue weighted by atomic mass is 9.77. The number of ketones is 1. The van der Waals surface area contributed by atoms with Gasteiger partial charge in [-0.3, -0.25) is 14.5 Å².